The van der Waals surface area contributed by atoms with Gasteiger partial charge in [0.05, 0.1) is 22.8 Å². The van der Waals surface area contributed by atoms with Gasteiger partial charge in [-0.2, -0.15) is 13.2 Å². The zero-order valence-electron chi connectivity index (χ0n) is 44.9. The van der Waals surface area contributed by atoms with Gasteiger partial charge in [-0.25, -0.2) is 21.6 Å². The van der Waals surface area contributed by atoms with Gasteiger partial charge >= 0.3 is 13.1 Å². The predicted octanol–water partition coefficient (Wildman–Crippen LogP) is 11.5. The molecule has 1 amide bonds. The lowest BCUT2D eigenvalue weighted by molar-refractivity contribution is -0.0436. The van der Waals surface area contributed by atoms with Crippen molar-refractivity contribution in [2.24, 2.45) is 5.41 Å². The number of piperazine rings is 2. The number of amides is 1. The van der Waals surface area contributed by atoms with Gasteiger partial charge in [-0.3, -0.25) is 19.2 Å². The summed E-state index contributed by atoms with van der Waals surface area (Å²) in [6, 6.07) is 26.2. The van der Waals surface area contributed by atoms with Gasteiger partial charge in [0.15, 0.2) is 0 Å². The fourth-order valence-electron chi connectivity index (χ4n) is 9.97. The van der Waals surface area contributed by atoms with Crippen LogP contribution in [0.25, 0.3) is 5.57 Å². The zero-order chi connectivity index (χ0) is 56.0. The fourth-order valence-corrected chi connectivity index (χ4v) is 15.4. The number of carbonyl (C=O) groups excluding carboxylic acids is 1. The van der Waals surface area contributed by atoms with Crippen LogP contribution < -0.4 is 14.9 Å². The van der Waals surface area contributed by atoms with E-state index in [2.05, 4.69) is 46.0 Å². The Balaban J connectivity index is 1.02. The topological polar surface area (TPSA) is 158 Å². The molecular formula is C55H73ClF3N6O8PS3. The van der Waals surface area contributed by atoms with Crippen LogP contribution in [0.4, 0.5) is 24.5 Å². The molecule has 2 fully saturated rings. The molecule has 1 atom stereocenters. The number of sulfonamides is 1. The highest BCUT2D eigenvalue weighted by Crippen LogP contribution is 2.51. The number of anilines is 2. The molecule has 0 unspecified atom stereocenters. The number of rotatable bonds is 22. The van der Waals surface area contributed by atoms with Crippen molar-refractivity contribution in [2.45, 2.75) is 112 Å². The van der Waals surface area contributed by atoms with E-state index < -0.39 is 59.9 Å². The van der Waals surface area contributed by atoms with Gasteiger partial charge in [0, 0.05) is 97.9 Å². The van der Waals surface area contributed by atoms with E-state index in [-0.39, 0.29) is 35.2 Å². The summed E-state index contributed by atoms with van der Waals surface area (Å²) in [5.41, 5.74) is -2.25. The van der Waals surface area contributed by atoms with Crippen molar-refractivity contribution in [2.75, 3.05) is 87.7 Å². The molecule has 2 heterocycles. The number of alkyl halides is 3. The number of hydrogen-bond donors (Lipinski definition) is 2. The molecule has 77 heavy (non-hydrogen) atoms. The number of sulfone groups is 1. The molecule has 22 heteroatoms. The van der Waals surface area contributed by atoms with E-state index >= 15 is 0 Å². The van der Waals surface area contributed by atoms with Crippen molar-refractivity contribution in [3.63, 3.8) is 0 Å². The summed E-state index contributed by atoms with van der Waals surface area (Å²) in [4.78, 5) is 21.1. The maximum absolute atomic E-state index is 14.5. The molecule has 0 radical (unpaired) electrons. The maximum atomic E-state index is 14.5. The average molecular weight is 1170 g/mol. The normalized spacial score (nSPS) is 18.4. The van der Waals surface area contributed by atoms with Crippen LogP contribution in [-0.2, 0) is 33.5 Å². The summed E-state index contributed by atoms with van der Waals surface area (Å²) in [6.07, 6.45) is 2.97. The lowest BCUT2D eigenvalue weighted by atomic mass is 9.73. The minimum atomic E-state index is -6.15. The molecule has 1 aliphatic carbocycles. The second-order valence-corrected chi connectivity index (χ2v) is 28.8. The SMILES string of the molecule is CC(C)OP(=O)(CN1CCN(CC[C@@](C)(CSc2ccccc2)Nc2ccc(S(=O)(=O)NC(=O)c3ccc(N4CCN(CC5=C(c6ccc(Cl)cc6)CCC(C)(C)C5)CC4)cc3)cc2S(=O)(=O)C(F)(F)F)CC1)OC(C)C. The van der Waals surface area contributed by atoms with Crippen LogP contribution in [0.5, 0.6) is 0 Å². The van der Waals surface area contributed by atoms with Crippen LogP contribution in [0.15, 0.2) is 117 Å². The molecule has 4 aromatic rings. The Morgan fingerprint density at radius 1 is 0.805 bits per heavy atom. The van der Waals surface area contributed by atoms with Gasteiger partial charge in [-0.1, -0.05) is 61.4 Å². The van der Waals surface area contributed by atoms with Gasteiger partial charge in [0.2, 0.25) is 0 Å². The second kappa shape index (κ2) is 25.2. The molecule has 2 saturated heterocycles. The Morgan fingerprint density at radius 2 is 1.40 bits per heavy atom. The first kappa shape index (κ1) is 60.7. The van der Waals surface area contributed by atoms with E-state index in [9.17, 15) is 39.4 Å². The smallest absolute Gasteiger partial charge is 0.378 e. The number of nitrogens with zero attached hydrogens (tertiary/aromatic N) is 4. The summed E-state index contributed by atoms with van der Waals surface area (Å²) in [6.45, 7) is 20.2. The van der Waals surface area contributed by atoms with Crippen LogP contribution in [0.3, 0.4) is 0 Å². The third-order valence-electron chi connectivity index (χ3n) is 14.0. The van der Waals surface area contributed by atoms with Crippen molar-refractivity contribution in [3.8, 4) is 0 Å². The number of thioether (sulfide) groups is 1. The Bertz CT molecular complexity index is 2960. The summed E-state index contributed by atoms with van der Waals surface area (Å²) in [7, 11) is -14.5. The van der Waals surface area contributed by atoms with Crippen LogP contribution in [0.1, 0.15) is 90.1 Å². The third-order valence-corrected chi connectivity index (χ3v) is 20.8. The van der Waals surface area contributed by atoms with Crippen molar-refractivity contribution >= 4 is 73.7 Å². The van der Waals surface area contributed by atoms with E-state index in [0.717, 1.165) is 74.7 Å². The number of halogens is 4. The first-order valence-corrected chi connectivity index (χ1v) is 32.1. The lowest BCUT2D eigenvalue weighted by Gasteiger charge is -2.39. The molecule has 0 bridgehead atoms. The average Bonchev–Trinajstić information content (AvgIpc) is 3.38. The van der Waals surface area contributed by atoms with Gasteiger partial charge in [-0.15, -0.1) is 11.8 Å². The maximum Gasteiger partial charge on any atom is 0.501 e. The van der Waals surface area contributed by atoms with Crippen LogP contribution >= 0.6 is 31.0 Å². The van der Waals surface area contributed by atoms with E-state index in [4.69, 9.17) is 20.6 Å². The van der Waals surface area contributed by atoms with Crippen molar-refractivity contribution in [3.05, 3.63) is 119 Å². The summed E-state index contributed by atoms with van der Waals surface area (Å²) < 4.78 is 125. The van der Waals surface area contributed by atoms with E-state index in [1.807, 2.05) is 52.1 Å². The second-order valence-electron chi connectivity index (χ2n) is 21.8. The van der Waals surface area contributed by atoms with Gasteiger partial charge in [-0.05, 0) is 144 Å². The number of nitrogens with one attached hydrogen (secondary N) is 2. The monoisotopic (exact) mass is 1160 g/mol. The largest absolute Gasteiger partial charge is 0.501 e. The number of benzene rings is 4. The Kier molecular flexibility index (Phi) is 19.9. The molecule has 0 aromatic heterocycles. The van der Waals surface area contributed by atoms with Crippen LogP contribution in [-0.4, -0.2) is 138 Å². The lowest BCUT2D eigenvalue weighted by Crippen LogP contribution is -2.49. The first-order chi connectivity index (χ1) is 36.1. The third kappa shape index (κ3) is 16.6. The van der Waals surface area contributed by atoms with Crippen LogP contribution in [0, 0.1) is 5.41 Å². The molecule has 2 aliphatic heterocycles. The summed E-state index contributed by atoms with van der Waals surface area (Å²) >= 11 is 7.63. The van der Waals surface area contributed by atoms with Gasteiger partial charge in [0.1, 0.15) is 11.2 Å². The summed E-state index contributed by atoms with van der Waals surface area (Å²) in [5, 5.41) is 3.80. The standard InChI is InChI=1S/C55H73ClF3N6O8PS3/c1-40(2)72-74(67,73-41(3)4)39-64-29-27-62(28-30-64)26-25-54(7,38-75-47-11-9-8-10-12-47)60-50-22-21-48(35-51(50)76(68,69)55(57,58)59)77(70,71)61-52(66)43-15-19-46(20-16-43)65-33-31-63(32-34-65)37-44-36-53(5,6)24-23-49(44)42-13-17-45(56)18-14-42/h8-22,35,40-41,60H,23-34,36-39H2,1-7H3,(H,61,66)/t54-/m0/s1. The molecule has 4 aromatic carbocycles. The highest BCUT2D eigenvalue weighted by Gasteiger charge is 2.49. The Labute approximate surface area is 463 Å². The van der Waals surface area contributed by atoms with E-state index in [1.165, 1.54) is 40.6 Å². The Morgan fingerprint density at radius 3 is 2.00 bits per heavy atom. The first-order valence-electron chi connectivity index (χ1n) is 26.0. The molecule has 0 spiro atoms. The molecular weight excluding hydrogens is 1090 g/mol. The number of carbonyl (C=O) groups is 1. The number of hydrogen-bond acceptors (Lipinski definition) is 14. The summed E-state index contributed by atoms with van der Waals surface area (Å²) in [5.74, 6) is -0.767. The van der Waals surface area contributed by atoms with E-state index in [0.29, 0.717) is 50.2 Å². The molecule has 0 saturated carbocycles. The molecule has 3 aliphatic rings. The molecule has 422 valence electrons. The van der Waals surface area contributed by atoms with Crippen molar-refractivity contribution < 1.29 is 48.4 Å². The molecule has 2 N–H and O–H groups in total. The minimum absolute atomic E-state index is 0.0210. The van der Waals surface area contributed by atoms with E-state index in [1.54, 1.807) is 46.8 Å². The fraction of sp³-hybridized carbons (Fsp3) is 0.509. The Hall–Kier alpha value is -3.95. The molecule has 14 nitrogen and oxygen atoms in total. The minimum Gasteiger partial charge on any atom is -0.378 e. The van der Waals surface area contributed by atoms with Gasteiger partial charge < -0.3 is 24.2 Å². The van der Waals surface area contributed by atoms with Crippen LogP contribution in [0.2, 0.25) is 5.02 Å². The zero-order valence-corrected chi connectivity index (χ0v) is 49.0. The highest BCUT2D eigenvalue weighted by molar-refractivity contribution is 7.99. The molecule has 7 rings (SSSR count). The quantitative estimate of drug-likeness (QED) is 0.0566. The van der Waals surface area contributed by atoms with Crippen molar-refractivity contribution in [1.82, 2.24) is 19.4 Å². The highest BCUT2D eigenvalue weighted by atomic mass is 35.5. The predicted molar refractivity (Wildman–Crippen MR) is 302 cm³/mol. The number of allylic oxidation sites excluding steroid dienone is 1. The van der Waals surface area contributed by atoms with Crippen molar-refractivity contribution in [1.29, 1.82) is 0 Å². The van der Waals surface area contributed by atoms with Gasteiger partial charge in [0.25, 0.3) is 25.8 Å².